The molecule has 0 aromatic heterocycles. The second-order valence-corrected chi connectivity index (χ2v) is 15.7. The Bertz CT molecular complexity index is 950. The van der Waals surface area contributed by atoms with Gasteiger partial charge in [-0.15, -0.1) is 0 Å². The minimum atomic E-state index is -1.76. The Balaban J connectivity index is 1.79. The normalized spacial score (nSPS) is 19.6. The highest BCUT2D eigenvalue weighted by atomic mass is 28.3. The number of nitrogens with zero attached hydrogens (tertiary/aromatic N) is 2. The Kier molecular flexibility index (Phi) is 7.42. The first-order valence-corrected chi connectivity index (χ1v) is 15.4. The van der Waals surface area contributed by atoms with E-state index in [4.69, 9.17) is 0 Å². The Morgan fingerprint density at radius 3 is 1.39 bits per heavy atom. The van der Waals surface area contributed by atoms with E-state index in [1.807, 2.05) is 0 Å². The van der Waals surface area contributed by atoms with Crippen molar-refractivity contribution in [3.05, 3.63) is 82.9 Å². The molecule has 0 saturated heterocycles. The summed E-state index contributed by atoms with van der Waals surface area (Å²) in [7, 11) is 6.99. The quantitative estimate of drug-likeness (QED) is 0.360. The van der Waals surface area contributed by atoms with Crippen LogP contribution < -0.4 is 0 Å². The first-order chi connectivity index (χ1) is 15.9. The number of rotatable bonds is 10. The van der Waals surface area contributed by atoms with Crippen LogP contribution in [0.1, 0.15) is 60.0 Å². The summed E-state index contributed by atoms with van der Waals surface area (Å²) in [5.74, 6) is 0. The van der Waals surface area contributed by atoms with Gasteiger partial charge in [-0.1, -0.05) is 86.6 Å². The highest BCUT2D eigenvalue weighted by Gasteiger charge is 2.48. The van der Waals surface area contributed by atoms with E-state index in [1.165, 1.54) is 23.2 Å². The average Bonchev–Trinajstić information content (AvgIpc) is 3.38. The molecule has 4 rings (SSSR count). The molecule has 2 aliphatic rings. The lowest BCUT2D eigenvalue weighted by Crippen LogP contribution is -2.45. The molecule has 0 radical (unpaired) electrons. The molecule has 33 heavy (non-hydrogen) atoms. The van der Waals surface area contributed by atoms with Gasteiger partial charge in [0, 0.05) is 13.1 Å². The molecule has 0 fully saturated rings. The van der Waals surface area contributed by atoms with Gasteiger partial charge in [0.15, 0.2) is 0 Å². The molecule has 2 aromatic carbocycles. The van der Waals surface area contributed by atoms with Crippen molar-refractivity contribution in [2.45, 2.75) is 49.9 Å². The third-order valence-corrected chi connectivity index (χ3v) is 14.3. The monoisotopic (exact) mass is 458 g/mol. The largest absolute Gasteiger partial charge is 0.309 e. The van der Waals surface area contributed by atoms with Crippen molar-refractivity contribution >= 4 is 19.2 Å². The van der Waals surface area contributed by atoms with Crippen molar-refractivity contribution in [2.75, 3.05) is 41.3 Å². The number of hydrogen-bond donors (Lipinski definition) is 0. The summed E-state index contributed by atoms with van der Waals surface area (Å²) in [6.07, 6.45) is 7.70. The summed E-state index contributed by atoms with van der Waals surface area (Å²) < 4.78 is 0. The topological polar surface area (TPSA) is 6.48 Å². The van der Waals surface area contributed by atoms with E-state index in [0.717, 1.165) is 25.9 Å². The molecule has 2 atom stereocenters. The van der Waals surface area contributed by atoms with Crippen LogP contribution in [0.3, 0.4) is 0 Å². The van der Waals surface area contributed by atoms with Crippen molar-refractivity contribution in [3.8, 4) is 0 Å². The zero-order chi connectivity index (χ0) is 23.6. The zero-order valence-electron chi connectivity index (χ0n) is 21.6. The standard InChI is InChI=1S/C30H42N2Si/c1-7-33(8-2,29-21-23(17-19-31(3)4)25-13-9-11-15-27(25)29)30-22-24(18-20-32(5)6)26-14-10-12-16-28(26)30/h9-16,21-22,29-30H,7-8,17-20H2,1-6H3/t29-,30-/m1/s1. The van der Waals surface area contributed by atoms with Crippen molar-refractivity contribution in [1.82, 2.24) is 9.80 Å². The molecule has 2 nitrogen and oxygen atoms in total. The minimum Gasteiger partial charge on any atom is -0.309 e. The second kappa shape index (κ2) is 10.1. The lowest BCUT2D eigenvalue weighted by molar-refractivity contribution is 0.419. The average molecular weight is 459 g/mol. The smallest absolute Gasteiger partial charge is 0.0769 e. The molecule has 0 aliphatic heterocycles. The summed E-state index contributed by atoms with van der Waals surface area (Å²) >= 11 is 0. The van der Waals surface area contributed by atoms with Gasteiger partial charge in [0.1, 0.15) is 0 Å². The van der Waals surface area contributed by atoms with Gasteiger partial charge in [-0.2, -0.15) is 0 Å². The third kappa shape index (κ3) is 4.56. The number of fused-ring (bicyclic) bond motifs is 2. The molecule has 3 heteroatoms. The van der Waals surface area contributed by atoms with E-state index in [2.05, 4.69) is 113 Å². The van der Waals surface area contributed by atoms with Gasteiger partial charge >= 0.3 is 0 Å². The van der Waals surface area contributed by atoms with Crippen molar-refractivity contribution in [3.63, 3.8) is 0 Å². The predicted octanol–water partition coefficient (Wildman–Crippen LogP) is 6.82. The maximum absolute atomic E-state index is 2.71. The van der Waals surface area contributed by atoms with E-state index in [9.17, 15) is 0 Å². The highest BCUT2D eigenvalue weighted by Crippen LogP contribution is 2.54. The Labute approximate surface area is 203 Å². The molecule has 0 heterocycles. The van der Waals surface area contributed by atoms with E-state index >= 15 is 0 Å². The second-order valence-electron chi connectivity index (χ2n) is 10.6. The molecule has 0 spiro atoms. The Morgan fingerprint density at radius 2 is 1.03 bits per heavy atom. The maximum atomic E-state index is 2.71. The maximum Gasteiger partial charge on any atom is 0.0769 e. The molecule has 0 bridgehead atoms. The van der Waals surface area contributed by atoms with Gasteiger partial charge in [0.2, 0.25) is 0 Å². The highest BCUT2D eigenvalue weighted by molar-refractivity contribution is 6.83. The van der Waals surface area contributed by atoms with Crippen LogP contribution >= 0.6 is 0 Å². The Morgan fingerprint density at radius 1 is 0.636 bits per heavy atom. The molecular formula is C30H42N2Si. The van der Waals surface area contributed by atoms with Crippen molar-refractivity contribution in [1.29, 1.82) is 0 Å². The van der Waals surface area contributed by atoms with Gasteiger partial charge in [-0.25, -0.2) is 0 Å². The van der Waals surface area contributed by atoms with Crippen molar-refractivity contribution < 1.29 is 0 Å². The van der Waals surface area contributed by atoms with Crippen LogP contribution in [0.4, 0.5) is 0 Å². The van der Waals surface area contributed by atoms with Gasteiger partial charge < -0.3 is 9.80 Å². The minimum absolute atomic E-state index is 0.600. The molecule has 176 valence electrons. The fourth-order valence-corrected chi connectivity index (χ4v) is 11.7. The molecule has 2 aliphatic carbocycles. The van der Waals surface area contributed by atoms with Crippen LogP contribution in [-0.4, -0.2) is 59.2 Å². The zero-order valence-corrected chi connectivity index (χ0v) is 22.6. The summed E-state index contributed by atoms with van der Waals surface area (Å²) in [4.78, 5) is 4.63. The van der Waals surface area contributed by atoms with E-state index in [1.54, 1.807) is 22.3 Å². The van der Waals surface area contributed by atoms with Gasteiger partial charge in [0.05, 0.1) is 8.07 Å². The summed E-state index contributed by atoms with van der Waals surface area (Å²) in [5, 5.41) is 0. The summed E-state index contributed by atoms with van der Waals surface area (Å²) in [5.41, 5.74) is 10.6. The van der Waals surface area contributed by atoms with Gasteiger partial charge in [0.25, 0.3) is 0 Å². The molecule has 0 N–H and O–H groups in total. The number of allylic oxidation sites excluding steroid dienone is 2. The lowest BCUT2D eigenvalue weighted by Gasteiger charge is -2.41. The van der Waals surface area contributed by atoms with Crippen LogP contribution in [0.2, 0.25) is 12.1 Å². The first-order valence-electron chi connectivity index (χ1n) is 12.8. The van der Waals surface area contributed by atoms with Gasteiger partial charge in [-0.3, -0.25) is 0 Å². The fraction of sp³-hybridized carbons (Fsp3) is 0.467. The molecule has 0 unspecified atom stereocenters. The SMILES string of the molecule is CC[Si](CC)([C@@H]1C=C(CCN(C)C)c2ccccc21)[C@@H]1C=C(CCN(C)C)c2ccccc21. The first kappa shape index (κ1) is 24.2. The third-order valence-electron chi connectivity index (χ3n) is 8.23. The molecular weight excluding hydrogens is 416 g/mol. The summed E-state index contributed by atoms with van der Waals surface area (Å²) in [6, 6.07) is 21.2. The number of hydrogen-bond acceptors (Lipinski definition) is 2. The van der Waals surface area contributed by atoms with Crippen LogP contribution in [-0.2, 0) is 0 Å². The molecule has 0 saturated carbocycles. The molecule has 2 aromatic rings. The predicted molar refractivity (Wildman–Crippen MR) is 147 cm³/mol. The van der Waals surface area contributed by atoms with Crippen molar-refractivity contribution in [2.24, 2.45) is 0 Å². The van der Waals surface area contributed by atoms with Crippen LogP contribution in [0.5, 0.6) is 0 Å². The fourth-order valence-electron chi connectivity index (χ4n) is 6.28. The van der Waals surface area contributed by atoms with E-state index in [-0.39, 0.29) is 0 Å². The van der Waals surface area contributed by atoms with E-state index < -0.39 is 8.07 Å². The van der Waals surface area contributed by atoms with E-state index in [0.29, 0.717) is 11.1 Å². The molecule has 0 amide bonds. The van der Waals surface area contributed by atoms with Crippen LogP contribution in [0, 0.1) is 0 Å². The Hall–Kier alpha value is -1.94. The lowest BCUT2D eigenvalue weighted by atomic mass is 10.0. The van der Waals surface area contributed by atoms with Gasteiger partial charge in [-0.05, 0) is 85.5 Å². The number of benzene rings is 2. The van der Waals surface area contributed by atoms with Crippen LogP contribution in [0.25, 0.3) is 11.1 Å². The van der Waals surface area contributed by atoms with Crippen LogP contribution in [0.15, 0.2) is 60.7 Å². The summed E-state index contributed by atoms with van der Waals surface area (Å²) in [6.45, 7) is 7.19.